The first kappa shape index (κ1) is 22.9. The summed E-state index contributed by atoms with van der Waals surface area (Å²) >= 11 is 0. The standard InChI is InChI=1S/C18H31N5O3S/c1-18(2,22-27(6,25)26)13-21-17(19-3)20-11-10-14-8-7-9-15(12-14)16(24)23(4)5/h7-9,12,22H,10-11,13H2,1-6H3,(H2,19,20,21). The average Bonchev–Trinajstić information content (AvgIpc) is 2.55. The van der Waals surface area contributed by atoms with Gasteiger partial charge in [-0.05, 0) is 38.0 Å². The molecule has 1 aromatic carbocycles. The molecule has 0 fully saturated rings. The molecular formula is C18H31N5O3S. The van der Waals surface area contributed by atoms with E-state index in [-0.39, 0.29) is 5.91 Å². The summed E-state index contributed by atoms with van der Waals surface area (Å²) < 4.78 is 25.4. The third-order valence-electron chi connectivity index (χ3n) is 3.67. The third-order valence-corrected chi connectivity index (χ3v) is 4.59. The molecule has 0 heterocycles. The van der Waals surface area contributed by atoms with Gasteiger partial charge in [0, 0.05) is 45.3 Å². The van der Waals surface area contributed by atoms with Crippen molar-refractivity contribution in [1.82, 2.24) is 20.3 Å². The van der Waals surface area contributed by atoms with Crippen LogP contribution in [0.2, 0.25) is 0 Å². The van der Waals surface area contributed by atoms with Crippen LogP contribution in [0.1, 0.15) is 29.8 Å². The van der Waals surface area contributed by atoms with E-state index in [4.69, 9.17) is 0 Å². The normalized spacial score (nSPS) is 12.6. The van der Waals surface area contributed by atoms with E-state index in [1.807, 2.05) is 18.2 Å². The van der Waals surface area contributed by atoms with Gasteiger partial charge in [0.1, 0.15) is 0 Å². The third kappa shape index (κ3) is 8.87. The lowest BCUT2D eigenvalue weighted by Gasteiger charge is -2.26. The number of carbonyl (C=O) groups excluding carboxylic acids is 1. The van der Waals surface area contributed by atoms with E-state index in [2.05, 4.69) is 20.3 Å². The smallest absolute Gasteiger partial charge is 0.253 e. The van der Waals surface area contributed by atoms with Crippen molar-refractivity contribution in [1.29, 1.82) is 0 Å². The second-order valence-electron chi connectivity index (χ2n) is 7.26. The van der Waals surface area contributed by atoms with E-state index in [0.717, 1.165) is 18.2 Å². The molecule has 1 rings (SSSR count). The highest BCUT2D eigenvalue weighted by Crippen LogP contribution is 2.08. The summed E-state index contributed by atoms with van der Waals surface area (Å²) in [7, 11) is 1.82. The Balaban J connectivity index is 2.55. The van der Waals surface area contributed by atoms with E-state index in [0.29, 0.717) is 24.6 Å². The number of benzene rings is 1. The fourth-order valence-corrected chi connectivity index (χ4v) is 3.58. The Kier molecular flexibility index (Phi) is 8.23. The Morgan fingerprint density at radius 1 is 1.22 bits per heavy atom. The maximum absolute atomic E-state index is 12.0. The van der Waals surface area contributed by atoms with E-state index in [9.17, 15) is 13.2 Å². The lowest BCUT2D eigenvalue weighted by Crippen LogP contribution is -2.53. The lowest BCUT2D eigenvalue weighted by molar-refractivity contribution is 0.0827. The molecule has 27 heavy (non-hydrogen) atoms. The Labute approximate surface area is 162 Å². The summed E-state index contributed by atoms with van der Waals surface area (Å²) in [6.07, 6.45) is 1.86. The molecule has 0 spiro atoms. The minimum atomic E-state index is -3.29. The molecule has 0 atom stereocenters. The molecule has 0 aliphatic carbocycles. The second-order valence-corrected chi connectivity index (χ2v) is 9.01. The summed E-state index contributed by atoms with van der Waals surface area (Å²) in [6.45, 7) is 4.59. The molecule has 0 saturated carbocycles. The first-order chi connectivity index (χ1) is 12.4. The van der Waals surface area contributed by atoms with Crippen LogP contribution in [0.25, 0.3) is 0 Å². The topological polar surface area (TPSA) is 103 Å². The van der Waals surface area contributed by atoms with Crippen molar-refractivity contribution in [3.63, 3.8) is 0 Å². The molecule has 0 saturated heterocycles. The van der Waals surface area contributed by atoms with Crippen molar-refractivity contribution < 1.29 is 13.2 Å². The van der Waals surface area contributed by atoms with Gasteiger partial charge in [0.2, 0.25) is 10.0 Å². The first-order valence-corrected chi connectivity index (χ1v) is 10.6. The van der Waals surface area contributed by atoms with Gasteiger partial charge in [0.25, 0.3) is 5.91 Å². The molecule has 152 valence electrons. The van der Waals surface area contributed by atoms with Crippen LogP contribution in [-0.2, 0) is 16.4 Å². The first-order valence-electron chi connectivity index (χ1n) is 8.67. The number of carbonyl (C=O) groups is 1. The quantitative estimate of drug-likeness (QED) is 0.436. The number of nitrogens with one attached hydrogen (secondary N) is 3. The lowest BCUT2D eigenvalue weighted by atomic mass is 10.1. The number of rotatable bonds is 8. The zero-order valence-corrected chi connectivity index (χ0v) is 17.8. The number of sulfonamides is 1. The zero-order chi connectivity index (χ0) is 20.7. The molecule has 0 aliphatic rings. The monoisotopic (exact) mass is 397 g/mol. The fraction of sp³-hybridized carbons (Fsp3) is 0.556. The van der Waals surface area contributed by atoms with E-state index < -0.39 is 15.6 Å². The Morgan fingerprint density at radius 3 is 2.44 bits per heavy atom. The SMILES string of the molecule is CN=C(NCCc1cccc(C(=O)N(C)C)c1)NCC(C)(C)NS(C)(=O)=O. The maximum Gasteiger partial charge on any atom is 0.253 e. The van der Waals surface area contributed by atoms with E-state index >= 15 is 0 Å². The summed E-state index contributed by atoms with van der Waals surface area (Å²) in [5.41, 5.74) is 1.06. The summed E-state index contributed by atoms with van der Waals surface area (Å²) in [5, 5.41) is 6.31. The highest BCUT2D eigenvalue weighted by molar-refractivity contribution is 7.88. The van der Waals surface area contributed by atoms with Gasteiger partial charge in [-0.3, -0.25) is 9.79 Å². The molecular weight excluding hydrogens is 366 g/mol. The highest BCUT2D eigenvalue weighted by atomic mass is 32.2. The molecule has 8 nitrogen and oxygen atoms in total. The predicted octanol–water partition coefficient (Wildman–Crippen LogP) is 0.424. The van der Waals surface area contributed by atoms with Crippen molar-refractivity contribution in [2.45, 2.75) is 25.8 Å². The minimum absolute atomic E-state index is 0.0251. The van der Waals surface area contributed by atoms with Crippen LogP contribution < -0.4 is 15.4 Å². The van der Waals surface area contributed by atoms with E-state index in [1.165, 1.54) is 0 Å². The van der Waals surface area contributed by atoms with Crippen LogP contribution in [0.5, 0.6) is 0 Å². The minimum Gasteiger partial charge on any atom is -0.356 e. The van der Waals surface area contributed by atoms with Crippen molar-refractivity contribution in [2.75, 3.05) is 40.5 Å². The molecule has 1 aromatic rings. The van der Waals surface area contributed by atoms with Crippen molar-refractivity contribution in [3.8, 4) is 0 Å². The van der Waals surface area contributed by atoms with Crippen LogP contribution in [0, 0.1) is 0 Å². The Bertz CT molecular complexity index is 773. The second kappa shape index (κ2) is 9.70. The van der Waals surface area contributed by atoms with Crippen LogP contribution >= 0.6 is 0 Å². The van der Waals surface area contributed by atoms with Gasteiger partial charge < -0.3 is 15.5 Å². The summed E-state index contributed by atoms with van der Waals surface area (Å²) in [6, 6.07) is 7.54. The van der Waals surface area contributed by atoms with Gasteiger partial charge in [0.05, 0.1) is 6.26 Å². The molecule has 0 unspecified atom stereocenters. The average molecular weight is 398 g/mol. The van der Waals surface area contributed by atoms with Crippen molar-refractivity contribution in [3.05, 3.63) is 35.4 Å². The zero-order valence-electron chi connectivity index (χ0n) is 17.0. The van der Waals surface area contributed by atoms with Crippen LogP contribution in [0.4, 0.5) is 0 Å². The van der Waals surface area contributed by atoms with Gasteiger partial charge in [-0.2, -0.15) is 0 Å². The van der Waals surface area contributed by atoms with E-state index in [1.54, 1.807) is 46.0 Å². The van der Waals surface area contributed by atoms with Crippen LogP contribution in [0.15, 0.2) is 29.3 Å². The Hall–Kier alpha value is -2.13. The van der Waals surface area contributed by atoms with Gasteiger partial charge in [0.15, 0.2) is 5.96 Å². The molecule has 0 aromatic heterocycles. The van der Waals surface area contributed by atoms with Crippen LogP contribution in [-0.4, -0.2) is 71.2 Å². The molecule has 0 aliphatic heterocycles. The number of hydrogen-bond acceptors (Lipinski definition) is 4. The van der Waals surface area contributed by atoms with Crippen LogP contribution in [0.3, 0.4) is 0 Å². The highest BCUT2D eigenvalue weighted by Gasteiger charge is 2.22. The number of guanidine groups is 1. The van der Waals surface area contributed by atoms with Gasteiger partial charge in [-0.25, -0.2) is 13.1 Å². The summed E-state index contributed by atoms with van der Waals surface area (Å²) in [5.74, 6) is 0.557. The fourth-order valence-electron chi connectivity index (χ4n) is 2.51. The number of aliphatic imine (C=N–C) groups is 1. The van der Waals surface area contributed by atoms with Gasteiger partial charge >= 0.3 is 0 Å². The van der Waals surface area contributed by atoms with Gasteiger partial charge in [-0.1, -0.05) is 12.1 Å². The number of nitrogens with zero attached hydrogens (tertiary/aromatic N) is 2. The van der Waals surface area contributed by atoms with Crippen molar-refractivity contribution in [2.24, 2.45) is 4.99 Å². The van der Waals surface area contributed by atoms with Crippen molar-refractivity contribution >= 4 is 21.9 Å². The Morgan fingerprint density at radius 2 is 1.89 bits per heavy atom. The number of hydrogen-bond donors (Lipinski definition) is 3. The molecule has 0 bridgehead atoms. The largest absolute Gasteiger partial charge is 0.356 e. The predicted molar refractivity (Wildman–Crippen MR) is 110 cm³/mol. The molecule has 1 amide bonds. The number of amides is 1. The summed E-state index contributed by atoms with van der Waals surface area (Å²) in [4.78, 5) is 17.7. The molecule has 3 N–H and O–H groups in total. The molecule has 0 radical (unpaired) electrons. The maximum atomic E-state index is 12.0. The molecule has 9 heteroatoms. The van der Waals surface area contributed by atoms with Gasteiger partial charge in [-0.15, -0.1) is 0 Å².